The monoisotopic (exact) mass is 431 g/mol. The highest BCUT2D eigenvalue weighted by atomic mass is 35.5. The van der Waals surface area contributed by atoms with Crippen molar-refractivity contribution < 1.29 is 19.1 Å². The summed E-state index contributed by atoms with van der Waals surface area (Å²) in [6.45, 7) is 5.43. The van der Waals surface area contributed by atoms with Crippen molar-refractivity contribution in [3.63, 3.8) is 0 Å². The second-order valence-corrected chi connectivity index (χ2v) is 7.22. The number of carbonyl (C=O) groups is 3. The van der Waals surface area contributed by atoms with Gasteiger partial charge in [0.05, 0.1) is 6.54 Å². The Morgan fingerprint density at radius 3 is 2.50 bits per heavy atom. The van der Waals surface area contributed by atoms with E-state index in [1.54, 1.807) is 32.0 Å². The van der Waals surface area contributed by atoms with Gasteiger partial charge < -0.3 is 20.3 Å². The number of likely N-dealkylation sites (N-methyl/N-ethyl adjacent to an activating group) is 1. The molecule has 2 rings (SSSR count). The number of amides is 3. The van der Waals surface area contributed by atoms with Crippen LogP contribution in [0.2, 0.25) is 5.02 Å². The third kappa shape index (κ3) is 7.08. The Labute approximate surface area is 181 Å². The van der Waals surface area contributed by atoms with Gasteiger partial charge in [0.25, 0.3) is 0 Å². The molecule has 0 saturated heterocycles. The first kappa shape index (κ1) is 23.2. The van der Waals surface area contributed by atoms with Crippen LogP contribution in [0.25, 0.3) is 0 Å². The number of anilines is 1. The van der Waals surface area contributed by atoms with Crippen LogP contribution in [0, 0.1) is 6.92 Å². The van der Waals surface area contributed by atoms with E-state index in [1.165, 1.54) is 4.90 Å². The minimum atomic E-state index is -0.839. The van der Waals surface area contributed by atoms with Gasteiger partial charge in [-0.2, -0.15) is 0 Å². The van der Waals surface area contributed by atoms with Crippen molar-refractivity contribution in [2.45, 2.75) is 33.4 Å². The second kappa shape index (κ2) is 11.2. The quantitative estimate of drug-likeness (QED) is 0.666. The van der Waals surface area contributed by atoms with E-state index in [-0.39, 0.29) is 25.0 Å². The number of rotatable bonds is 8. The van der Waals surface area contributed by atoms with Gasteiger partial charge in [-0.1, -0.05) is 48.0 Å². The maximum absolute atomic E-state index is 12.6. The average molecular weight is 432 g/mol. The summed E-state index contributed by atoms with van der Waals surface area (Å²) < 4.78 is 5.13. The molecule has 0 aromatic heterocycles. The number of ether oxygens (including phenoxy) is 1. The van der Waals surface area contributed by atoms with E-state index in [4.69, 9.17) is 16.3 Å². The first-order valence-electron chi connectivity index (χ1n) is 9.62. The Morgan fingerprint density at radius 1 is 1.13 bits per heavy atom. The summed E-state index contributed by atoms with van der Waals surface area (Å²) in [5.74, 6) is -0.735. The molecule has 1 atom stereocenters. The van der Waals surface area contributed by atoms with Crippen LogP contribution in [-0.2, 0) is 20.9 Å². The summed E-state index contributed by atoms with van der Waals surface area (Å²) in [5.41, 5.74) is 2.29. The lowest BCUT2D eigenvalue weighted by molar-refractivity contribution is -0.135. The molecule has 0 fully saturated rings. The van der Waals surface area contributed by atoms with Gasteiger partial charge in [0.2, 0.25) is 11.8 Å². The van der Waals surface area contributed by atoms with Gasteiger partial charge in [-0.15, -0.1) is 0 Å². The Kier molecular flexibility index (Phi) is 8.68. The van der Waals surface area contributed by atoms with E-state index in [0.29, 0.717) is 17.3 Å². The number of nitrogens with zero attached hydrogens (tertiary/aromatic N) is 1. The number of halogens is 1. The van der Waals surface area contributed by atoms with Crippen molar-refractivity contribution in [1.82, 2.24) is 10.2 Å². The zero-order valence-electron chi connectivity index (χ0n) is 17.3. The van der Waals surface area contributed by atoms with Crippen molar-refractivity contribution in [3.8, 4) is 0 Å². The largest absolute Gasteiger partial charge is 0.445 e. The molecule has 3 amide bonds. The van der Waals surface area contributed by atoms with Crippen LogP contribution >= 0.6 is 11.6 Å². The summed E-state index contributed by atoms with van der Waals surface area (Å²) >= 11 is 5.97. The van der Waals surface area contributed by atoms with E-state index in [2.05, 4.69) is 10.6 Å². The van der Waals surface area contributed by atoms with Crippen molar-refractivity contribution in [1.29, 1.82) is 0 Å². The predicted octanol–water partition coefficient (Wildman–Crippen LogP) is 3.75. The second-order valence-electron chi connectivity index (χ2n) is 6.79. The fourth-order valence-corrected chi connectivity index (χ4v) is 2.89. The lowest BCUT2D eigenvalue weighted by Gasteiger charge is -2.24. The minimum absolute atomic E-state index is 0.104. The number of carbonyl (C=O) groups excluding carboxylic acids is 3. The molecule has 2 N–H and O–H groups in total. The third-order valence-electron chi connectivity index (χ3n) is 4.42. The average Bonchev–Trinajstić information content (AvgIpc) is 2.73. The lowest BCUT2D eigenvalue weighted by Crippen LogP contribution is -2.49. The molecule has 0 aliphatic carbocycles. The number of hydrogen-bond acceptors (Lipinski definition) is 4. The third-order valence-corrected chi connectivity index (χ3v) is 4.65. The predicted molar refractivity (Wildman–Crippen MR) is 116 cm³/mol. The van der Waals surface area contributed by atoms with E-state index < -0.39 is 12.1 Å². The Bertz CT molecular complexity index is 889. The molecule has 0 radical (unpaired) electrons. The van der Waals surface area contributed by atoms with Crippen LogP contribution in [0.4, 0.5) is 10.5 Å². The van der Waals surface area contributed by atoms with Gasteiger partial charge in [-0.3, -0.25) is 9.59 Å². The standard InChI is InChI=1S/C22H26ClN3O4/c1-4-26(13-20(27)25-19-12-18(23)11-10-15(19)2)21(28)16(3)24-22(29)30-14-17-8-6-5-7-9-17/h5-12,16H,4,13-14H2,1-3H3,(H,24,29)(H,25,27). The lowest BCUT2D eigenvalue weighted by atomic mass is 10.2. The molecule has 0 saturated carbocycles. The molecule has 0 heterocycles. The van der Waals surface area contributed by atoms with Crippen LogP contribution < -0.4 is 10.6 Å². The summed E-state index contributed by atoms with van der Waals surface area (Å²) in [4.78, 5) is 38.4. The van der Waals surface area contributed by atoms with Gasteiger partial charge in [0.1, 0.15) is 12.6 Å². The van der Waals surface area contributed by atoms with Gasteiger partial charge in [0.15, 0.2) is 0 Å². The first-order chi connectivity index (χ1) is 14.3. The van der Waals surface area contributed by atoms with Crippen molar-refractivity contribution in [3.05, 3.63) is 64.7 Å². The summed E-state index contributed by atoms with van der Waals surface area (Å²) in [5, 5.41) is 5.77. The minimum Gasteiger partial charge on any atom is -0.445 e. The van der Waals surface area contributed by atoms with Crippen LogP contribution in [0.3, 0.4) is 0 Å². The van der Waals surface area contributed by atoms with Gasteiger partial charge >= 0.3 is 6.09 Å². The van der Waals surface area contributed by atoms with Crippen LogP contribution in [0.15, 0.2) is 48.5 Å². The van der Waals surface area contributed by atoms with Crippen molar-refractivity contribution in [2.75, 3.05) is 18.4 Å². The Hall–Kier alpha value is -3.06. The molecular weight excluding hydrogens is 406 g/mol. The molecule has 160 valence electrons. The fraction of sp³-hybridized carbons (Fsp3) is 0.318. The first-order valence-corrected chi connectivity index (χ1v) is 10.00. The molecule has 1 unspecified atom stereocenters. The normalized spacial score (nSPS) is 11.3. The summed E-state index contributed by atoms with van der Waals surface area (Å²) in [6.07, 6.45) is -0.699. The molecule has 2 aromatic carbocycles. The Morgan fingerprint density at radius 2 is 1.83 bits per heavy atom. The van der Waals surface area contributed by atoms with Gasteiger partial charge in [0, 0.05) is 17.3 Å². The van der Waals surface area contributed by atoms with Crippen molar-refractivity contribution in [2.24, 2.45) is 0 Å². The van der Waals surface area contributed by atoms with Crippen LogP contribution in [0.5, 0.6) is 0 Å². The number of alkyl carbamates (subject to hydrolysis) is 1. The zero-order valence-corrected chi connectivity index (χ0v) is 18.0. The molecule has 2 aromatic rings. The molecule has 0 bridgehead atoms. The van der Waals surface area contributed by atoms with Crippen LogP contribution in [-0.4, -0.2) is 41.9 Å². The van der Waals surface area contributed by atoms with E-state index in [0.717, 1.165) is 11.1 Å². The topological polar surface area (TPSA) is 87.7 Å². The van der Waals surface area contributed by atoms with Gasteiger partial charge in [-0.05, 0) is 44.0 Å². The molecule has 7 nitrogen and oxygen atoms in total. The maximum atomic E-state index is 12.6. The molecular formula is C22H26ClN3O4. The van der Waals surface area contributed by atoms with Gasteiger partial charge in [-0.25, -0.2) is 4.79 Å². The number of aryl methyl sites for hydroxylation is 1. The highest BCUT2D eigenvalue weighted by molar-refractivity contribution is 6.31. The van der Waals surface area contributed by atoms with E-state index in [1.807, 2.05) is 37.3 Å². The zero-order chi connectivity index (χ0) is 22.1. The van der Waals surface area contributed by atoms with E-state index >= 15 is 0 Å². The fourth-order valence-electron chi connectivity index (χ4n) is 2.71. The smallest absolute Gasteiger partial charge is 0.408 e. The summed E-state index contributed by atoms with van der Waals surface area (Å²) in [7, 11) is 0. The highest BCUT2D eigenvalue weighted by Gasteiger charge is 2.23. The number of hydrogen-bond donors (Lipinski definition) is 2. The number of nitrogens with one attached hydrogen (secondary N) is 2. The maximum Gasteiger partial charge on any atom is 0.408 e. The molecule has 0 spiro atoms. The SMILES string of the molecule is CCN(CC(=O)Nc1cc(Cl)ccc1C)C(=O)C(C)NC(=O)OCc1ccccc1. The van der Waals surface area contributed by atoms with Crippen LogP contribution in [0.1, 0.15) is 25.0 Å². The van der Waals surface area contributed by atoms with E-state index in [9.17, 15) is 14.4 Å². The molecule has 8 heteroatoms. The van der Waals surface area contributed by atoms with Crippen molar-refractivity contribution >= 4 is 35.2 Å². The number of benzene rings is 2. The molecule has 0 aliphatic rings. The highest BCUT2D eigenvalue weighted by Crippen LogP contribution is 2.20. The molecule has 0 aliphatic heterocycles. The Balaban J connectivity index is 1.86. The molecule has 30 heavy (non-hydrogen) atoms. The summed E-state index contributed by atoms with van der Waals surface area (Å²) in [6, 6.07) is 13.6.